The van der Waals surface area contributed by atoms with Crippen LogP contribution >= 0.6 is 0 Å². The van der Waals surface area contributed by atoms with Crippen molar-refractivity contribution in [1.29, 1.82) is 0 Å². The lowest BCUT2D eigenvalue weighted by Gasteiger charge is -2.39. The van der Waals surface area contributed by atoms with Crippen LogP contribution in [0, 0.1) is 24.7 Å². The quantitative estimate of drug-likeness (QED) is 0.738. The van der Waals surface area contributed by atoms with Crippen LogP contribution in [0.25, 0.3) is 0 Å². The minimum Gasteiger partial charge on any atom is -0.481 e. The molecular weight excluding hydrogens is 346 g/mol. The SMILES string of the molecule is Cc1ccc(NC(=O)NCC2CCCN(C(=O)C3CCC3C(=O)O)C2)cc1. The Bertz CT molecular complexity index is 704. The van der Waals surface area contributed by atoms with Crippen LogP contribution in [0.5, 0.6) is 0 Å². The second kappa shape index (κ2) is 8.41. The summed E-state index contributed by atoms with van der Waals surface area (Å²) >= 11 is 0. The zero-order valence-electron chi connectivity index (χ0n) is 15.6. The van der Waals surface area contributed by atoms with Crippen molar-refractivity contribution in [3.63, 3.8) is 0 Å². The molecule has 0 spiro atoms. The number of hydrogen-bond donors (Lipinski definition) is 3. The number of carbonyl (C=O) groups is 3. The molecule has 0 aromatic heterocycles. The molecule has 2 fully saturated rings. The second-order valence-electron chi connectivity index (χ2n) is 7.62. The van der Waals surface area contributed by atoms with E-state index in [1.54, 1.807) is 4.90 Å². The van der Waals surface area contributed by atoms with Gasteiger partial charge in [0.15, 0.2) is 0 Å². The first-order valence-corrected chi connectivity index (χ1v) is 9.57. The molecule has 2 aliphatic rings. The Hall–Kier alpha value is -2.57. The zero-order valence-corrected chi connectivity index (χ0v) is 15.6. The van der Waals surface area contributed by atoms with Gasteiger partial charge in [0, 0.05) is 25.3 Å². The number of aryl methyl sites for hydroxylation is 1. The predicted octanol–water partition coefficient (Wildman–Crippen LogP) is 2.47. The van der Waals surface area contributed by atoms with E-state index in [1.165, 1.54) is 0 Å². The van der Waals surface area contributed by atoms with Crippen LogP contribution in [0.2, 0.25) is 0 Å². The van der Waals surface area contributed by atoms with Gasteiger partial charge in [-0.1, -0.05) is 17.7 Å². The van der Waals surface area contributed by atoms with Crippen LogP contribution < -0.4 is 10.6 Å². The number of carboxylic acids is 1. The number of carbonyl (C=O) groups excluding carboxylic acids is 2. The van der Waals surface area contributed by atoms with Gasteiger partial charge in [0.2, 0.25) is 5.91 Å². The summed E-state index contributed by atoms with van der Waals surface area (Å²) in [5.41, 5.74) is 1.87. The Labute approximate surface area is 159 Å². The molecule has 1 heterocycles. The molecule has 3 rings (SSSR count). The Balaban J connectivity index is 1.45. The molecule has 3 amide bonds. The van der Waals surface area contributed by atoms with Crippen molar-refractivity contribution < 1.29 is 19.5 Å². The van der Waals surface area contributed by atoms with Gasteiger partial charge in [0.05, 0.1) is 11.8 Å². The molecule has 0 bridgehead atoms. The van der Waals surface area contributed by atoms with Gasteiger partial charge in [-0.15, -0.1) is 0 Å². The van der Waals surface area contributed by atoms with Crippen molar-refractivity contribution >= 4 is 23.6 Å². The highest BCUT2D eigenvalue weighted by atomic mass is 16.4. The maximum Gasteiger partial charge on any atom is 0.319 e. The number of hydrogen-bond acceptors (Lipinski definition) is 3. The summed E-state index contributed by atoms with van der Waals surface area (Å²) in [6, 6.07) is 7.32. The van der Waals surface area contributed by atoms with Gasteiger partial charge < -0.3 is 20.6 Å². The molecule has 7 nitrogen and oxygen atoms in total. The van der Waals surface area contributed by atoms with Crippen LogP contribution in [0.1, 0.15) is 31.2 Å². The molecule has 1 saturated heterocycles. The predicted molar refractivity (Wildman–Crippen MR) is 101 cm³/mol. The standard InChI is InChI=1S/C20H27N3O4/c1-13-4-6-15(7-5-13)22-20(27)21-11-14-3-2-10-23(12-14)18(24)16-8-9-17(16)19(25)26/h4-7,14,16-17H,2-3,8-12H2,1H3,(H,25,26)(H2,21,22,27). The number of carboxylic acid groups (broad SMARTS) is 1. The summed E-state index contributed by atoms with van der Waals surface area (Å²) in [5, 5.41) is 14.8. The average molecular weight is 373 g/mol. The number of urea groups is 1. The third-order valence-electron chi connectivity index (χ3n) is 5.60. The van der Waals surface area contributed by atoms with Crippen molar-refractivity contribution in [2.24, 2.45) is 17.8 Å². The van der Waals surface area contributed by atoms with Crippen LogP contribution in [0.15, 0.2) is 24.3 Å². The molecule has 1 aliphatic heterocycles. The number of amides is 3. The molecule has 3 N–H and O–H groups in total. The normalized spacial score (nSPS) is 24.6. The van der Waals surface area contributed by atoms with Gasteiger partial charge in [-0.3, -0.25) is 9.59 Å². The van der Waals surface area contributed by atoms with Crippen molar-refractivity contribution in [3.05, 3.63) is 29.8 Å². The van der Waals surface area contributed by atoms with E-state index in [-0.39, 0.29) is 23.8 Å². The van der Waals surface area contributed by atoms with Gasteiger partial charge in [0.1, 0.15) is 0 Å². The van der Waals surface area contributed by atoms with Gasteiger partial charge in [-0.25, -0.2) is 4.79 Å². The molecule has 146 valence electrons. The minimum absolute atomic E-state index is 0.0394. The van der Waals surface area contributed by atoms with Crippen LogP contribution in [0.4, 0.5) is 10.5 Å². The van der Waals surface area contributed by atoms with E-state index in [2.05, 4.69) is 10.6 Å². The molecule has 1 aromatic rings. The van der Waals surface area contributed by atoms with Gasteiger partial charge in [-0.2, -0.15) is 0 Å². The molecular formula is C20H27N3O4. The Morgan fingerprint density at radius 1 is 1.11 bits per heavy atom. The lowest BCUT2D eigenvalue weighted by Crippen LogP contribution is -2.50. The Morgan fingerprint density at radius 2 is 1.81 bits per heavy atom. The molecule has 1 aliphatic carbocycles. The lowest BCUT2D eigenvalue weighted by atomic mass is 9.72. The maximum absolute atomic E-state index is 12.6. The number of nitrogens with zero attached hydrogens (tertiary/aromatic N) is 1. The highest BCUT2D eigenvalue weighted by Crippen LogP contribution is 2.36. The van der Waals surface area contributed by atoms with Crippen molar-refractivity contribution in [3.8, 4) is 0 Å². The molecule has 27 heavy (non-hydrogen) atoms. The number of rotatable bonds is 5. The monoisotopic (exact) mass is 373 g/mol. The first kappa shape index (κ1) is 19.2. The van der Waals surface area contributed by atoms with E-state index < -0.39 is 11.9 Å². The first-order chi connectivity index (χ1) is 12.9. The Kier molecular flexibility index (Phi) is 5.98. The summed E-state index contributed by atoms with van der Waals surface area (Å²) in [6.07, 6.45) is 3.07. The second-order valence-corrected chi connectivity index (χ2v) is 7.62. The topological polar surface area (TPSA) is 98.7 Å². The first-order valence-electron chi connectivity index (χ1n) is 9.57. The number of benzene rings is 1. The van der Waals surface area contributed by atoms with Crippen molar-refractivity contribution in [2.45, 2.75) is 32.6 Å². The number of nitrogens with one attached hydrogen (secondary N) is 2. The third-order valence-corrected chi connectivity index (χ3v) is 5.60. The number of anilines is 1. The molecule has 0 radical (unpaired) electrons. The molecule has 3 unspecified atom stereocenters. The smallest absolute Gasteiger partial charge is 0.319 e. The van der Waals surface area contributed by atoms with E-state index in [4.69, 9.17) is 5.11 Å². The van der Waals surface area contributed by atoms with Crippen molar-refractivity contribution in [2.75, 3.05) is 25.0 Å². The largest absolute Gasteiger partial charge is 0.481 e. The van der Waals surface area contributed by atoms with E-state index in [0.29, 0.717) is 32.5 Å². The van der Waals surface area contributed by atoms with E-state index >= 15 is 0 Å². The summed E-state index contributed by atoms with van der Waals surface area (Å²) in [4.78, 5) is 37.6. The number of piperidine rings is 1. The van der Waals surface area contributed by atoms with E-state index in [0.717, 1.165) is 24.1 Å². The third kappa shape index (κ3) is 4.78. The molecule has 1 saturated carbocycles. The highest BCUT2D eigenvalue weighted by molar-refractivity contribution is 5.89. The highest BCUT2D eigenvalue weighted by Gasteiger charge is 2.43. The number of aliphatic carboxylic acids is 1. The van der Waals surface area contributed by atoms with Crippen LogP contribution in [0.3, 0.4) is 0 Å². The summed E-state index contributed by atoms with van der Waals surface area (Å²) in [5.74, 6) is -1.63. The fourth-order valence-corrected chi connectivity index (χ4v) is 3.81. The molecule has 1 aromatic carbocycles. The van der Waals surface area contributed by atoms with Crippen LogP contribution in [-0.2, 0) is 9.59 Å². The fraction of sp³-hybridized carbons (Fsp3) is 0.550. The van der Waals surface area contributed by atoms with Crippen molar-refractivity contribution in [1.82, 2.24) is 10.2 Å². The molecule has 3 atom stereocenters. The summed E-state index contributed by atoms with van der Waals surface area (Å²) < 4.78 is 0. The number of likely N-dealkylation sites (tertiary alicyclic amines) is 1. The minimum atomic E-state index is -0.873. The maximum atomic E-state index is 12.6. The molecule has 7 heteroatoms. The van der Waals surface area contributed by atoms with Gasteiger partial charge in [-0.05, 0) is 50.7 Å². The van der Waals surface area contributed by atoms with Gasteiger partial charge >= 0.3 is 12.0 Å². The van der Waals surface area contributed by atoms with E-state index in [1.807, 2.05) is 31.2 Å². The summed E-state index contributed by atoms with van der Waals surface area (Å²) in [7, 11) is 0. The Morgan fingerprint density at radius 3 is 2.44 bits per heavy atom. The van der Waals surface area contributed by atoms with E-state index in [9.17, 15) is 14.4 Å². The van der Waals surface area contributed by atoms with Crippen LogP contribution in [-0.4, -0.2) is 47.5 Å². The lowest BCUT2D eigenvalue weighted by molar-refractivity contribution is -0.157. The average Bonchev–Trinajstić information content (AvgIpc) is 2.61. The van der Waals surface area contributed by atoms with Gasteiger partial charge in [0.25, 0.3) is 0 Å². The zero-order chi connectivity index (χ0) is 19.4. The summed E-state index contributed by atoms with van der Waals surface area (Å²) in [6.45, 7) is 3.73. The fourth-order valence-electron chi connectivity index (χ4n) is 3.81.